The molecule has 0 spiro atoms. The zero-order valence-electron chi connectivity index (χ0n) is 16.2. The highest BCUT2D eigenvalue weighted by Crippen LogP contribution is 2.19. The van der Waals surface area contributed by atoms with Crippen LogP contribution in [0.3, 0.4) is 0 Å². The van der Waals surface area contributed by atoms with Crippen molar-refractivity contribution in [1.29, 1.82) is 0 Å². The molecule has 0 aliphatic carbocycles. The molecule has 0 aromatic heterocycles. The number of carbonyl (C=O) groups is 2. The van der Waals surface area contributed by atoms with Crippen molar-refractivity contribution in [2.45, 2.75) is 6.92 Å². The molecule has 0 saturated heterocycles. The molecule has 0 atom stereocenters. The van der Waals surface area contributed by atoms with Crippen LogP contribution in [0.5, 0.6) is 5.75 Å². The van der Waals surface area contributed by atoms with Crippen LogP contribution >= 0.6 is 0 Å². The average Bonchev–Trinajstić information content (AvgIpc) is 2.74. The second kappa shape index (κ2) is 9.65. The minimum Gasteiger partial charge on any atom is -0.492 e. The van der Waals surface area contributed by atoms with E-state index >= 15 is 0 Å². The fraction of sp³-hybridized carbons (Fsp3) is 0.130. The van der Waals surface area contributed by atoms with Crippen LogP contribution in [0.2, 0.25) is 0 Å². The SMILES string of the molecule is Cc1ccc(C(=O)NCCOc2ccc(F)cc2)cc1NC(=O)c1ccccc1F. The van der Waals surface area contributed by atoms with E-state index in [0.29, 0.717) is 17.0 Å². The van der Waals surface area contributed by atoms with Gasteiger partial charge < -0.3 is 15.4 Å². The molecule has 0 aliphatic heterocycles. The van der Waals surface area contributed by atoms with Crippen LogP contribution in [0.15, 0.2) is 66.7 Å². The number of aryl methyl sites for hydroxylation is 1. The molecule has 0 aliphatic rings. The van der Waals surface area contributed by atoms with E-state index in [9.17, 15) is 18.4 Å². The quantitative estimate of drug-likeness (QED) is 0.570. The van der Waals surface area contributed by atoms with Gasteiger partial charge in [-0.3, -0.25) is 9.59 Å². The number of halogens is 2. The van der Waals surface area contributed by atoms with Gasteiger partial charge in [0.1, 0.15) is 24.0 Å². The Kier molecular flexibility index (Phi) is 6.75. The van der Waals surface area contributed by atoms with Crippen LogP contribution in [0.4, 0.5) is 14.5 Å². The number of nitrogens with one attached hydrogen (secondary N) is 2. The lowest BCUT2D eigenvalue weighted by atomic mass is 10.1. The van der Waals surface area contributed by atoms with Crippen molar-refractivity contribution in [3.63, 3.8) is 0 Å². The van der Waals surface area contributed by atoms with Crippen LogP contribution in [-0.4, -0.2) is 25.0 Å². The Morgan fingerprint density at radius 1 is 0.933 bits per heavy atom. The Labute approximate surface area is 172 Å². The van der Waals surface area contributed by atoms with Gasteiger partial charge in [0.05, 0.1) is 12.1 Å². The van der Waals surface area contributed by atoms with Crippen LogP contribution in [0.25, 0.3) is 0 Å². The molecule has 0 radical (unpaired) electrons. The molecule has 154 valence electrons. The number of hydrogen-bond acceptors (Lipinski definition) is 3. The van der Waals surface area contributed by atoms with Crippen LogP contribution in [0, 0.1) is 18.6 Å². The van der Waals surface area contributed by atoms with Gasteiger partial charge in [0.15, 0.2) is 0 Å². The summed E-state index contributed by atoms with van der Waals surface area (Å²) in [5.74, 6) is -1.42. The molecule has 0 fully saturated rings. The topological polar surface area (TPSA) is 67.4 Å². The summed E-state index contributed by atoms with van der Waals surface area (Å²) in [4.78, 5) is 24.7. The molecular formula is C23H20F2N2O3. The van der Waals surface area contributed by atoms with Crippen LogP contribution in [0.1, 0.15) is 26.3 Å². The van der Waals surface area contributed by atoms with Crippen molar-refractivity contribution in [3.8, 4) is 5.75 Å². The Bertz CT molecular complexity index is 1050. The van der Waals surface area contributed by atoms with Gasteiger partial charge in [-0.2, -0.15) is 0 Å². The number of amides is 2. The van der Waals surface area contributed by atoms with E-state index in [1.807, 2.05) is 0 Å². The first-order chi connectivity index (χ1) is 14.4. The first-order valence-corrected chi connectivity index (χ1v) is 9.27. The Hall–Kier alpha value is -3.74. The van der Waals surface area contributed by atoms with Gasteiger partial charge in [-0.25, -0.2) is 8.78 Å². The van der Waals surface area contributed by atoms with Crippen molar-refractivity contribution in [3.05, 3.63) is 95.1 Å². The monoisotopic (exact) mass is 410 g/mol. The molecule has 0 unspecified atom stereocenters. The molecular weight excluding hydrogens is 390 g/mol. The minimum atomic E-state index is -0.622. The molecule has 5 nitrogen and oxygen atoms in total. The van der Waals surface area contributed by atoms with Crippen LogP contribution < -0.4 is 15.4 Å². The van der Waals surface area contributed by atoms with Crippen molar-refractivity contribution in [2.24, 2.45) is 0 Å². The summed E-state index contributed by atoms with van der Waals surface area (Å²) in [7, 11) is 0. The summed E-state index contributed by atoms with van der Waals surface area (Å²) in [5, 5.41) is 5.35. The van der Waals surface area contributed by atoms with Gasteiger partial charge in [-0.1, -0.05) is 18.2 Å². The molecule has 2 amide bonds. The zero-order valence-corrected chi connectivity index (χ0v) is 16.2. The van der Waals surface area contributed by atoms with E-state index in [4.69, 9.17) is 4.74 Å². The smallest absolute Gasteiger partial charge is 0.258 e. The maximum Gasteiger partial charge on any atom is 0.258 e. The fourth-order valence-corrected chi connectivity index (χ4v) is 2.70. The van der Waals surface area contributed by atoms with Crippen molar-refractivity contribution in [1.82, 2.24) is 5.32 Å². The lowest BCUT2D eigenvalue weighted by Gasteiger charge is -2.12. The maximum atomic E-state index is 13.8. The number of rotatable bonds is 7. The number of carbonyl (C=O) groups excluding carboxylic acids is 2. The van der Waals surface area contributed by atoms with E-state index < -0.39 is 11.7 Å². The Balaban J connectivity index is 1.58. The Morgan fingerprint density at radius 2 is 1.67 bits per heavy atom. The van der Waals surface area contributed by atoms with E-state index in [0.717, 1.165) is 5.56 Å². The highest BCUT2D eigenvalue weighted by atomic mass is 19.1. The average molecular weight is 410 g/mol. The van der Waals surface area contributed by atoms with Crippen molar-refractivity contribution < 1.29 is 23.1 Å². The molecule has 2 N–H and O–H groups in total. The first kappa shape index (κ1) is 21.0. The van der Waals surface area contributed by atoms with E-state index in [-0.39, 0.29) is 30.4 Å². The summed E-state index contributed by atoms with van der Waals surface area (Å²) in [6.45, 7) is 2.22. The summed E-state index contributed by atoms with van der Waals surface area (Å²) in [5.41, 5.74) is 1.41. The predicted molar refractivity (Wildman–Crippen MR) is 110 cm³/mol. The molecule has 0 heterocycles. The van der Waals surface area contributed by atoms with Gasteiger partial charge in [-0.15, -0.1) is 0 Å². The molecule has 7 heteroatoms. The van der Waals surface area contributed by atoms with Gasteiger partial charge in [0, 0.05) is 11.3 Å². The zero-order chi connectivity index (χ0) is 21.5. The van der Waals surface area contributed by atoms with Crippen molar-refractivity contribution in [2.75, 3.05) is 18.5 Å². The Morgan fingerprint density at radius 3 is 2.40 bits per heavy atom. The fourth-order valence-electron chi connectivity index (χ4n) is 2.70. The molecule has 30 heavy (non-hydrogen) atoms. The summed E-state index contributed by atoms with van der Waals surface area (Å²) in [6.07, 6.45) is 0. The number of anilines is 1. The third-order valence-corrected chi connectivity index (χ3v) is 4.34. The summed E-state index contributed by atoms with van der Waals surface area (Å²) >= 11 is 0. The minimum absolute atomic E-state index is 0.0790. The van der Waals surface area contributed by atoms with E-state index in [1.165, 1.54) is 48.5 Å². The number of benzene rings is 3. The maximum absolute atomic E-state index is 13.8. The van der Waals surface area contributed by atoms with Gasteiger partial charge in [-0.05, 0) is 61.0 Å². The van der Waals surface area contributed by atoms with Gasteiger partial charge >= 0.3 is 0 Å². The van der Waals surface area contributed by atoms with E-state index in [1.54, 1.807) is 25.1 Å². The molecule has 0 saturated carbocycles. The third-order valence-electron chi connectivity index (χ3n) is 4.34. The van der Waals surface area contributed by atoms with Crippen molar-refractivity contribution >= 4 is 17.5 Å². The third kappa shape index (κ3) is 5.41. The number of hydrogen-bond donors (Lipinski definition) is 2. The summed E-state index contributed by atoms with van der Waals surface area (Å²) in [6, 6.07) is 16.1. The number of ether oxygens (including phenoxy) is 1. The highest BCUT2D eigenvalue weighted by molar-refractivity contribution is 6.05. The summed E-state index contributed by atoms with van der Waals surface area (Å²) < 4.78 is 32.1. The molecule has 3 aromatic rings. The first-order valence-electron chi connectivity index (χ1n) is 9.27. The van der Waals surface area contributed by atoms with Gasteiger partial charge in [0.25, 0.3) is 11.8 Å². The van der Waals surface area contributed by atoms with Crippen LogP contribution in [-0.2, 0) is 0 Å². The molecule has 3 rings (SSSR count). The largest absolute Gasteiger partial charge is 0.492 e. The lowest BCUT2D eigenvalue weighted by molar-refractivity contribution is 0.0945. The lowest BCUT2D eigenvalue weighted by Crippen LogP contribution is -2.28. The second-order valence-corrected chi connectivity index (χ2v) is 6.52. The molecule has 0 bridgehead atoms. The van der Waals surface area contributed by atoms with Gasteiger partial charge in [0.2, 0.25) is 0 Å². The molecule has 3 aromatic carbocycles. The second-order valence-electron chi connectivity index (χ2n) is 6.52. The normalized spacial score (nSPS) is 10.4. The van der Waals surface area contributed by atoms with E-state index in [2.05, 4.69) is 10.6 Å². The highest BCUT2D eigenvalue weighted by Gasteiger charge is 2.14. The standard InChI is InChI=1S/C23H20F2N2O3/c1-15-6-7-16(14-21(15)27-23(29)19-4-2-3-5-20(19)25)22(28)26-12-13-30-18-10-8-17(24)9-11-18/h2-11,14H,12-13H2,1H3,(H,26,28)(H,27,29). The predicted octanol–water partition coefficient (Wildman–Crippen LogP) is 4.33.